The minimum absolute atomic E-state index is 0.0348. The third kappa shape index (κ3) is 2.75. The summed E-state index contributed by atoms with van der Waals surface area (Å²) in [6.45, 7) is 3.62. The van der Waals surface area contributed by atoms with Gasteiger partial charge in [0, 0.05) is 30.6 Å². The highest BCUT2D eigenvalue weighted by Gasteiger charge is 2.42. The SMILES string of the molecule is O=C(c1cc(-c2ccc(O)cc2)nc2[nH]ncc12)N1CCC2(CCNC2)C1. The van der Waals surface area contributed by atoms with Gasteiger partial charge >= 0.3 is 0 Å². The smallest absolute Gasteiger partial charge is 0.254 e. The molecule has 5 rings (SSSR count). The highest BCUT2D eigenvalue weighted by molar-refractivity contribution is 6.06. The van der Waals surface area contributed by atoms with Gasteiger partial charge in [-0.1, -0.05) is 0 Å². The van der Waals surface area contributed by atoms with Gasteiger partial charge < -0.3 is 15.3 Å². The number of aromatic hydroxyl groups is 1. The van der Waals surface area contributed by atoms with Crippen molar-refractivity contribution in [2.75, 3.05) is 26.2 Å². The van der Waals surface area contributed by atoms with Gasteiger partial charge in [0.2, 0.25) is 0 Å². The van der Waals surface area contributed by atoms with Crippen molar-refractivity contribution in [3.8, 4) is 17.0 Å². The Balaban J connectivity index is 1.53. The molecule has 1 atom stereocenters. The number of carbonyl (C=O) groups excluding carboxylic acids is 1. The van der Waals surface area contributed by atoms with E-state index in [2.05, 4.69) is 20.5 Å². The van der Waals surface area contributed by atoms with Crippen LogP contribution in [0.3, 0.4) is 0 Å². The lowest BCUT2D eigenvalue weighted by molar-refractivity contribution is 0.0777. The summed E-state index contributed by atoms with van der Waals surface area (Å²) < 4.78 is 0. The molecule has 2 fully saturated rings. The molecular formula is C20H21N5O2. The molecule has 2 aliphatic rings. The first-order valence-corrected chi connectivity index (χ1v) is 9.27. The largest absolute Gasteiger partial charge is 0.508 e. The van der Waals surface area contributed by atoms with Crippen LogP contribution in [-0.4, -0.2) is 57.3 Å². The van der Waals surface area contributed by atoms with Crippen molar-refractivity contribution in [3.05, 3.63) is 42.1 Å². The highest BCUT2D eigenvalue weighted by atomic mass is 16.3. The number of amides is 1. The lowest BCUT2D eigenvalue weighted by Crippen LogP contribution is -2.33. The Kier molecular flexibility index (Phi) is 3.65. The summed E-state index contributed by atoms with van der Waals surface area (Å²) in [5, 5.41) is 20.7. The number of phenols is 1. The van der Waals surface area contributed by atoms with Crippen molar-refractivity contribution in [2.24, 2.45) is 5.41 Å². The first kappa shape index (κ1) is 16.3. The summed E-state index contributed by atoms with van der Waals surface area (Å²) in [6.07, 6.45) is 3.85. The minimum Gasteiger partial charge on any atom is -0.508 e. The van der Waals surface area contributed by atoms with Crippen molar-refractivity contribution < 1.29 is 9.90 Å². The van der Waals surface area contributed by atoms with Gasteiger partial charge in [0.1, 0.15) is 5.75 Å². The first-order valence-electron chi connectivity index (χ1n) is 9.27. The molecule has 3 N–H and O–H groups in total. The zero-order valence-electron chi connectivity index (χ0n) is 14.9. The molecule has 2 aromatic heterocycles. The van der Waals surface area contributed by atoms with Crippen LogP contribution in [0.5, 0.6) is 5.75 Å². The van der Waals surface area contributed by atoms with Crippen LogP contribution in [0, 0.1) is 5.41 Å². The topological polar surface area (TPSA) is 94.1 Å². The molecule has 0 saturated carbocycles. The molecule has 7 heteroatoms. The molecule has 138 valence electrons. The van der Waals surface area contributed by atoms with E-state index < -0.39 is 0 Å². The lowest BCUT2D eigenvalue weighted by atomic mass is 9.86. The number of aromatic nitrogens is 3. The number of pyridine rings is 1. The number of aromatic amines is 1. The van der Waals surface area contributed by atoms with Gasteiger partial charge in [0.25, 0.3) is 5.91 Å². The van der Waals surface area contributed by atoms with E-state index in [1.807, 2.05) is 11.0 Å². The Morgan fingerprint density at radius 1 is 1.22 bits per heavy atom. The molecule has 1 amide bonds. The van der Waals surface area contributed by atoms with E-state index in [9.17, 15) is 9.90 Å². The van der Waals surface area contributed by atoms with Crippen LogP contribution in [0.1, 0.15) is 23.2 Å². The zero-order valence-corrected chi connectivity index (χ0v) is 14.9. The summed E-state index contributed by atoms with van der Waals surface area (Å²) in [5.74, 6) is 0.234. The van der Waals surface area contributed by atoms with Crippen LogP contribution in [-0.2, 0) is 0 Å². The van der Waals surface area contributed by atoms with Crippen LogP contribution in [0.4, 0.5) is 0 Å². The molecule has 4 heterocycles. The van der Waals surface area contributed by atoms with Crippen molar-refractivity contribution >= 4 is 16.9 Å². The normalized spacial score (nSPS) is 22.1. The predicted octanol–water partition coefficient (Wildman–Crippen LogP) is 2.16. The van der Waals surface area contributed by atoms with E-state index in [0.717, 1.165) is 50.0 Å². The monoisotopic (exact) mass is 363 g/mol. The molecule has 1 unspecified atom stereocenters. The fraction of sp³-hybridized carbons (Fsp3) is 0.350. The Labute approximate surface area is 156 Å². The number of likely N-dealkylation sites (tertiary alicyclic amines) is 1. The number of fused-ring (bicyclic) bond motifs is 1. The Morgan fingerprint density at radius 3 is 2.85 bits per heavy atom. The molecule has 0 bridgehead atoms. The van der Waals surface area contributed by atoms with Crippen LogP contribution in [0.2, 0.25) is 0 Å². The maximum atomic E-state index is 13.3. The van der Waals surface area contributed by atoms with Crippen molar-refractivity contribution in [3.63, 3.8) is 0 Å². The number of H-pyrrole nitrogens is 1. The quantitative estimate of drug-likeness (QED) is 0.649. The van der Waals surface area contributed by atoms with Crippen molar-refractivity contribution in [1.82, 2.24) is 25.4 Å². The first-order chi connectivity index (χ1) is 13.1. The maximum absolute atomic E-state index is 13.3. The maximum Gasteiger partial charge on any atom is 0.254 e. The third-order valence-corrected chi connectivity index (χ3v) is 5.87. The average Bonchev–Trinajstić information content (AvgIpc) is 3.43. The van der Waals surface area contributed by atoms with Crippen molar-refractivity contribution in [2.45, 2.75) is 12.8 Å². The number of benzene rings is 1. The van der Waals surface area contributed by atoms with Gasteiger partial charge in [0.15, 0.2) is 5.65 Å². The molecule has 0 aliphatic carbocycles. The summed E-state index contributed by atoms with van der Waals surface area (Å²) >= 11 is 0. The fourth-order valence-electron chi connectivity index (χ4n) is 4.31. The summed E-state index contributed by atoms with van der Waals surface area (Å²) in [6, 6.07) is 8.66. The Morgan fingerprint density at radius 2 is 2.07 bits per heavy atom. The van der Waals surface area contributed by atoms with E-state index in [0.29, 0.717) is 16.9 Å². The number of rotatable bonds is 2. The van der Waals surface area contributed by atoms with Gasteiger partial charge in [-0.2, -0.15) is 5.10 Å². The number of carbonyl (C=O) groups is 1. The number of phenolic OH excluding ortho intramolecular Hbond substituents is 1. The summed E-state index contributed by atoms with van der Waals surface area (Å²) in [4.78, 5) is 19.9. The number of hydrogen-bond acceptors (Lipinski definition) is 5. The zero-order chi connectivity index (χ0) is 18.4. The molecule has 0 radical (unpaired) electrons. The standard InChI is InChI=1S/C20H21N5O2/c26-14-3-1-13(2-4-14)17-9-15(16-10-22-24-18(16)23-17)19(27)25-8-6-20(12-25)5-7-21-11-20/h1-4,9-10,21,26H,5-8,11-12H2,(H,22,23,24). The number of hydrogen-bond donors (Lipinski definition) is 3. The summed E-state index contributed by atoms with van der Waals surface area (Å²) in [5.41, 5.74) is 2.99. The fourth-order valence-corrected chi connectivity index (χ4v) is 4.31. The second-order valence-electron chi connectivity index (χ2n) is 7.64. The molecule has 1 spiro atoms. The minimum atomic E-state index is 0.0348. The molecule has 1 aromatic carbocycles. The lowest BCUT2D eigenvalue weighted by Gasteiger charge is -2.23. The van der Waals surface area contributed by atoms with E-state index in [4.69, 9.17) is 0 Å². The molecule has 7 nitrogen and oxygen atoms in total. The third-order valence-electron chi connectivity index (χ3n) is 5.87. The van der Waals surface area contributed by atoms with Gasteiger partial charge in [-0.25, -0.2) is 4.98 Å². The molecular weight excluding hydrogens is 342 g/mol. The average molecular weight is 363 g/mol. The van der Waals surface area contributed by atoms with E-state index >= 15 is 0 Å². The van der Waals surface area contributed by atoms with Crippen LogP contribution in [0.15, 0.2) is 36.5 Å². The molecule has 3 aromatic rings. The van der Waals surface area contributed by atoms with Crippen LogP contribution < -0.4 is 5.32 Å². The summed E-state index contributed by atoms with van der Waals surface area (Å²) in [7, 11) is 0. The van der Waals surface area contributed by atoms with Crippen LogP contribution in [0.25, 0.3) is 22.3 Å². The molecule has 2 saturated heterocycles. The van der Waals surface area contributed by atoms with Gasteiger partial charge in [0.05, 0.1) is 22.8 Å². The Bertz CT molecular complexity index is 1000. The van der Waals surface area contributed by atoms with Crippen molar-refractivity contribution in [1.29, 1.82) is 0 Å². The molecule has 2 aliphatic heterocycles. The second-order valence-corrected chi connectivity index (χ2v) is 7.64. The second kappa shape index (κ2) is 6.06. The van der Waals surface area contributed by atoms with Gasteiger partial charge in [-0.05, 0) is 49.7 Å². The van der Waals surface area contributed by atoms with Gasteiger partial charge in [-0.3, -0.25) is 9.89 Å². The van der Waals surface area contributed by atoms with E-state index in [1.165, 1.54) is 0 Å². The van der Waals surface area contributed by atoms with Gasteiger partial charge in [-0.15, -0.1) is 0 Å². The highest BCUT2D eigenvalue weighted by Crippen LogP contribution is 2.37. The Hall–Kier alpha value is -2.93. The predicted molar refractivity (Wildman–Crippen MR) is 101 cm³/mol. The molecule has 27 heavy (non-hydrogen) atoms. The van der Waals surface area contributed by atoms with Crippen LogP contribution >= 0.6 is 0 Å². The van der Waals surface area contributed by atoms with E-state index in [1.54, 1.807) is 30.5 Å². The van der Waals surface area contributed by atoms with E-state index in [-0.39, 0.29) is 17.1 Å². The number of nitrogens with zero attached hydrogens (tertiary/aromatic N) is 3. The number of nitrogens with one attached hydrogen (secondary N) is 2.